The van der Waals surface area contributed by atoms with Gasteiger partial charge in [0, 0.05) is 11.0 Å². The van der Waals surface area contributed by atoms with Gasteiger partial charge in [-0.3, -0.25) is 10.1 Å². The number of hydrogen-bond donors (Lipinski definition) is 2. The minimum atomic E-state index is -0.375. The molecule has 0 rings (SSSR count). The zero-order chi connectivity index (χ0) is 10.9. The van der Waals surface area contributed by atoms with Crippen LogP contribution in [-0.2, 0) is 4.79 Å². The van der Waals surface area contributed by atoms with E-state index < -0.39 is 0 Å². The standard InChI is InChI=1S/C10H21NOS/c1-9(2,3)7(12)8(13)11-10(4,5)6/h8,11,13H,1-6H3. The third kappa shape index (κ3) is 5.32. The van der Waals surface area contributed by atoms with Crippen LogP contribution in [0.4, 0.5) is 0 Å². The summed E-state index contributed by atoms with van der Waals surface area (Å²) in [6.45, 7) is 11.8. The summed E-state index contributed by atoms with van der Waals surface area (Å²) in [5, 5.41) is 2.77. The van der Waals surface area contributed by atoms with E-state index in [1.54, 1.807) is 0 Å². The highest BCUT2D eigenvalue weighted by molar-refractivity contribution is 7.81. The Bertz CT molecular complexity index is 188. The van der Waals surface area contributed by atoms with E-state index >= 15 is 0 Å². The Morgan fingerprint density at radius 3 is 1.77 bits per heavy atom. The molecular weight excluding hydrogens is 182 g/mol. The molecule has 0 amide bonds. The average Bonchev–Trinajstić information content (AvgIpc) is 1.79. The molecule has 0 saturated heterocycles. The smallest absolute Gasteiger partial charge is 0.165 e. The van der Waals surface area contributed by atoms with Crippen molar-refractivity contribution in [3.8, 4) is 0 Å². The second-order valence-electron chi connectivity index (χ2n) is 5.41. The van der Waals surface area contributed by atoms with Crippen LogP contribution in [0.2, 0.25) is 0 Å². The number of hydrogen-bond acceptors (Lipinski definition) is 3. The quantitative estimate of drug-likeness (QED) is 0.532. The van der Waals surface area contributed by atoms with Crippen molar-refractivity contribution in [2.75, 3.05) is 0 Å². The molecular formula is C10H21NOS. The van der Waals surface area contributed by atoms with Gasteiger partial charge in [-0.05, 0) is 20.8 Å². The number of carbonyl (C=O) groups is 1. The highest BCUT2D eigenvalue weighted by atomic mass is 32.1. The van der Waals surface area contributed by atoms with Crippen molar-refractivity contribution >= 4 is 18.4 Å². The average molecular weight is 203 g/mol. The van der Waals surface area contributed by atoms with Crippen molar-refractivity contribution in [3.05, 3.63) is 0 Å². The van der Waals surface area contributed by atoms with Crippen molar-refractivity contribution < 1.29 is 4.79 Å². The number of ketones is 1. The lowest BCUT2D eigenvalue weighted by Crippen LogP contribution is -2.47. The van der Waals surface area contributed by atoms with Crippen LogP contribution in [0.25, 0.3) is 0 Å². The summed E-state index contributed by atoms with van der Waals surface area (Å²) in [6.07, 6.45) is 0. The fraction of sp³-hybridized carbons (Fsp3) is 0.900. The number of thiol groups is 1. The molecule has 0 saturated carbocycles. The summed E-state index contributed by atoms with van der Waals surface area (Å²) in [4.78, 5) is 11.7. The van der Waals surface area contributed by atoms with E-state index in [2.05, 4.69) is 17.9 Å². The van der Waals surface area contributed by atoms with Gasteiger partial charge >= 0.3 is 0 Å². The molecule has 1 N–H and O–H groups in total. The van der Waals surface area contributed by atoms with Crippen LogP contribution < -0.4 is 5.32 Å². The third-order valence-corrected chi connectivity index (χ3v) is 1.92. The molecule has 1 unspecified atom stereocenters. The molecule has 78 valence electrons. The highest BCUT2D eigenvalue weighted by Gasteiger charge is 2.29. The zero-order valence-corrected chi connectivity index (χ0v) is 10.3. The molecule has 0 fully saturated rings. The van der Waals surface area contributed by atoms with Crippen LogP contribution in [0.3, 0.4) is 0 Å². The molecule has 0 aliphatic carbocycles. The fourth-order valence-electron chi connectivity index (χ4n) is 0.886. The molecule has 1 atom stereocenters. The minimum Gasteiger partial charge on any atom is -0.296 e. The maximum atomic E-state index is 11.7. The van der Waals surface area contributed by atoms with Crippen LogP contribution in [-0.4, -0.2) is 16.7 Å². The Kier molecular flexibility index (Phi) is 4.00. The summed E-state index contributed by atoms with van der Waals surface area (Å²) in [5.41, 5.74) is -0.405. The van der Waals surface area contributed by atoms with Gasteiger partial charge in [-0.25, -0.2) is 0 Å². The van der Waals surface area contributed by atoms with E-state index in [0.29, 0.717) is 0 Å². The van der Waals surface area contributed by atoms with Crippen LogP contribution in [0, 0.1) is 5.41 Å². The maximum absolute atomic E-state index is 11.7. The van der Waals surface area contributed by atoms with Gasteiger partial charge in [0.25, 0.3) is 0 Å². The van der Waals surface area contributed by atoms with E-state index in [1.807, 2.05) is 41.5 Å². The molecule has 3 heteroatoms. The van der Waals surface area contributed by atoms with Crippen molar-refractivity contribution in [3.63, 3.8) is 0 Å². The lowest BCUT2D eigenvalue weighted by atomic mass is 9.90. The number of nitrogens with one attached hydrogen (secondary N) is 1. The Hall–Kier alpha value is -0.0200. The van der Waals surface area contributed by atoms with Gasteiger partial charge in [0.2, 0.25) is 0 Å². The fourth-order valence-corrected chi connectivity index (χ4v) is 1.66. The van der Waals surface area contributed by atoms with Gasteiger partial charge in [0.05, 0.1) is 0 Å². The lowest BCUT2D eigenvalue weighted by molar-refractivity contribution is -0.126. The lowest BCUT2D eigenvalue weighted by Gasteiger charge is -2.28. The van der Waals surface area contributed by atoms with E-state index in [9.17, 15) is 4.79 Å². The second kappa shape index (κ2) is 4.01. The SMILES string of the molecule is CC(C)(C)NC(S)C(=O)C(C)(C)C. The number of Topliss-reactive ketones (excluding diaryl/α,β-unsaturated/α-hetero) is 1. The van der Waals surface area contributed by atoms with Gasteiger partial charge in [-0.2, -0.15) is 12.6 Å². The van der Waals surface area contributed by atoms with Crippen LogP contribution >= 0.6 is 12.6 Å². The van der Waals surface area contributed by atoms with Gasteiger partial charge in [0.15, 0.2) is 5.78 Å². The van der Waals surface area contributed by atoms with E-state index in [-0.39, 0.29) is 22.1 Å². The predicted octanol–water partition coefficient (Wildman–Crippen LogP) is 2.25. The van der Waals surface area contributed by atoms with Crippen molar-refractivity contribution in [1.82, 2.24) is 5.32 Å². The summed E-state index contributed by atoms with van der Waals surface area (Å²) in [7, 11) is 0. The summed E-state index contributed by atoms with van der Waals surface area (Å²) < 4.78 is 0. The van der Waals surface area contributed by atoms with Crippen LogP contribution in [0.5, 0.6) is 0 Å². The van der Waals surface area contributed by atoms with Crippen molar-refractivity contribution in [2.24, 2.45) is 5.41 Å². The van der Waals surface area contributed by atoms with E-state index in [0.717, 1.165) is 0 Å². The van der Waals surface area contributed by atoms with Crippen molar-refractivity contribution in [2.45, 2.75) is 52.5 Å². The molecule has 0 aliphatic heterocycles. The highest BCUT2D eigenvalue weighted by Crippen LogP contribution is 2.19. The summed E-state index contributed by atoms with van der Waals surface area (Å²) >= 11 is 4.25. The first-order valence-corrected chi connectivity index (χ1v) is 5.06. The topological polar surface area (TPSA) is 29.1 Å². The first-order valence-electron chi connectivity index (χ1n) is 4.54. The zero-order valence-electron chi connectivity index (χ0n) is 9.43. The first-order chi connectivity index (χ1) is 5.54. The predicted molar refractivity (Wildman–Crippen MR) is 60.1 cm³/mol. The minimum absolute atomic E-state index is 0.0761. The number of carbonyl (C=O) groups excluding carboxylic acids is 1. The monoisotopic (exact) mass is 203 g/mol. The van der Waals surface area contributed by atoms with E-state index in [4.69, 9.17) is 0 Å². The molecule has 0 aromatic rings. The first kappa shape index (κ1) is 13.0. The Labute approximate surface area is 86.9 Å². The van der Waals surface area contributed by atoms with Crippen LogP contribution in [0.1, 0.15) is 41.5 Å². The molecule has 0 aromatic heterocycles. The molecule has 0 bridgehead atoms. The maximum Gasteiger partial charge on any atom is 0.165 e. The molecule has 0 aromatic carbocycles. The van der Waals surface area contributed by atoms with Crippen LogP contribution in [0.15, 0.2) is 0 Å². The van der Waals surface area contributed by atoms with Gasteiger partial charge < -0.3 is 0 Å². The molecule has 0 aliphatic rings. The van der Waals surface area contributed by atoms with Gasteiger partial charge in [-0.1, -0.05) is 20.8 Å². The molecule has 0 spiro atoms. The second-order valence-corrected chi connectivity index (χ2v) is 5.93. The largest absolute Gasteiger partial charge is 0.296 e. The Balaban J connectivity index is 4.30. The normalized spacial score (nSPS) is 15.6. The molecule has 13 heavy (non-hydrogen) atoms. The summed E-state index contributed by atoms with van der Waals surface area (Å²) in [5.74, 6) is 0.130. The Morgan fingerprint density at radius 1 is 1.15 bits per heavy atom. The number of rotatable bonds is 2. The molecule has 0 radical (unpaired) electrons. The molecule has 0 heterocycles. The third-order valence-electron chi connectivity index (χ3n) is 1.56. The van der Waals surface area contributed by atoms with E-state index in [1.165, 1.54) is 0 Å². The summed E-state index contributed by atoms with van der Waals surface area (Å²) in [6, 6.07) is 0. The van der Waals surface area contributed by atoms with Gasteiger partial charge in [0.1, 0.15) is 5.37 Å². The van der Waals surface area contributed by atoms with Crippen molar-refractivity contribution in [1.29, 1.82) is 0 Å². The van der Waals surface area contributed by atoms with Gasteiger partial charge in [-0.15, -0.1) is 0 Å². The Morgan fingerprint density at radius 2 is 1.54 bits per heavy atom. The molecule has 2 nitrogen and oxygen atoms in total.